The van der Waals surface area contributed by atoms with Gasteiger partial charge in [0.05, 0.1) is 10.6 Å². The number of nitrogens with one attached hydrogen (secondary N) is 1. The highest BCUT2D eigenvalue weighted by Crippen LogP contribution is 2.29. The fourth-order valence-corrected chi connectivity index (χ4v) is 5.72. The number of hydrogen-bond donors (Lipinski definition) is 1. The van der Waals surface area contributed by atoms with Gasteiger partial charge in [-0.2, -0.15) is 0 Å². The summed E-state index contributed by atoms with van der Waals surface area (Å²) in [4.78, 5) is 28.2. The number of sulfonamides is 1. The lowest BCUT2D eigenvalue weighted by Crippen LogP contribution is -2.54. The van der Waals surface area contributed by atoms with Crippen LogP contribution in [0.25, 0.3) is 0 Å². The summed E-state index contributed by atoms with van der Waals surface area (Å²) < 4.78 is 43.2. The van der Waals surface area contributed by atoms with E-state index < -0.39 is 45.8 Å². The number of hydrogen-bond acceptors (Lipinski definition) is 4. The van der Waals surface area contributed by atoms with Gasteiger partial charge < -0.3 is 10.2 Å². The van der Waals surface area contributed by atoms with E-state index in [2.05, 4.69) is 5.32 Å². The maximum Gasteiger partial charge on any atom is 0.264 e. The lowest BCUT2D eigenvalue weighted by atomic mass is 10.1. The van der Waals surface area contributed by atoms with Crippen LogP contribution < -0.4 is 9.62 Å². The molecule has 3 aromatic carbocycles. The maximum absolute atomic E-state index is 14.6. The van der Waals surface area contributed by atoms with Gasteiger partial charge in [-0.05, 0) is 76.6 Å². The molecular formula is C29H33ClFN3O4S. The molecule has 208 valence electrons. The first-order chi connectivity index (χ1) is 18.2. The molecule has 0 aliphatic rings. The van der Waals surface area contributed by atoms with Crippen LogP contribution in [0.5, 0.6) is 0 Å². The van der Waals surface area contributed by atoms with Crippen molar-refractivity contribution in [1.82, 2.24) is 10.2 Å². The fraction of sp³-hybridized carbons (Fsp3) is 0.310. The monoisotopic (exact) mass is 573 g/mol. The summed E-state index contributed by atoms with van der Waals surface area (Å²) in [5, 5.41) is 3.25. The van der Waals surface area contributed by atoms with Crippen LogP contribution in [-0.2, 0) is 26.2 Å². The molecule has 7 nitrogen and oxygen atoms in total. The van der Waals surface area contributed by atoms with Gasteiger partial charge in [-0.15, -0.1) is 0 Å². The standard InChI is InChI=1S/C29H33ClFN3O4S/c1-20-17-23(30)15-16-26(20)34(39(37,38)24-12-7-6-8-13-24)19-27(35)33(18-22-11-9-10-14-25(22)31)21(2)28(36)32-29(3,4)5/h6-17,21H,18-19H2,1-5H3,(H,32,36)/t21-/m0/s1. The van der Waals surface area contributed by atoms with Crippen LogP contribution in [0.3, 0.4) is 0 Å². The first-order valence-corrected chi connectivity index (χ1v) is 14.2. The zero-order chi connectivity index (χ0) is 29.0. The normalized spacial score (nSPS) is 12.5. The zero-order valence-electron chi connectivity index (χ0n) is 22.6. The number of carbonyl (C=O) groups is 2. The van der Waals surface area contributed by atoms with E-state index in [4.69, 9.17) is 11.6 Å². The molecule has 0 bridgehead atoms. The van der Waals surface area contributed by atoms with Gasteiger partial charge in [-0.3, -0.25) is 13.9 Å². The second-order valence-electron chi connectivity index (χ2n) is 10.3. The van der Waals surface area contributed by atoms with E-state index in [0.717, 1.165) is 4.31 Å². The van der Waals surface area contributed by atoms with Gasteiger partial charge in [0.15, 0.2) is 0 Å². The molecule has 0 aliphatic heterocycles. The molecule has 0 fully saturated rings. The SMILES string of the molecule is Cc1cc(Cl)ccc1N(CC(=O)N(Cc1ccccc1F)[C@@H](C)C(=O)NC(C)(C)C)S(=O)(=O)c1ccccc1. The fourth-order valence-electron chi connectivity index (χ4n) is 4.00. The largest absolute Gasteiger partial charge is 0.350 e. The molecule has 0 spiro atoms. The molecule has 0 aromatic heterocycles. The van der Waals surface area contributed by atoms with Crippen LogP contribution >= 0.6 is 11.6 Å². The second kappa shape index (κ2) is 12.2. The average Bonchev–Trinajstić information content (AvgIpc) is 2.86. The van der Waals surface area contributed by atoms with Gasteiger partial charge in [0.1, 0.15) is 18.4 Å². The topological polar surface area (TPSA) is 86.8 Å². The van der Waals surface area contributed by atoms with Crippen LogP contribution in [-0.4, -0.2) is 43.3 Å². The van der Waals surface area contributed by atoms with Crippen molar-refractivity contribution in [3.05, 3.63) is 94.8 Å². The van der Waals surface area contributed by atoms with Crippen LogP contribution in [0.15, 0.2) is 77.7 Å². The summed E-state index contributed by atoms with van der Waals surface area (Å²) in [6.07, 6.45) is 0. The Morgan fingerprint density at radius 2 is 1.62 bits per heavy atom. The molecule has 0 radical (unpaired) electrons. The first-order valence-electron chi connectivity index (χ1n) is 12.4. The zero-order valence-corrected chi connectivity index (χ0v) is 24.2. The van der Waals surface area contributed by atoms with Crippen molar-refractivity contribution in [2.75, 3.05) is 10.8 Å². The predicted octanol–water partition coefficient (Wildman–Crippen LogP) is 5.31. The highest BCUT2D eigenvalue weighted by molar-refractivity contribution is 7.92. The third-order valence-electron chi connectivity index (χ3n) is 6.00. The Bertz CT molecular complexity index is 1440. The van der Waals surface area contributed by atoms with Crippen LogP contribution in [0.1, 0.15) is 38.8 Å². The molecule has 1 atom stereocenters. The minimum atomic E-state index is -4.21. The lowest BCUT2D eigenvalue weighted by molar-refractivity contribution is -0.140. The van der Waals surface area contributed by atoms with E-state index in [1.807, 2.05) is 0 Å². The lowest BCUT2D eigenvalue weighted by Gasteiger charge is -2.34. The van der Waals surface area contributed by atoms with E-state index in [9.17, 15) is 22.4 Å². The Morgan fingerprint density at radius 1 is 1.00 bits per heavy atom. The molecule has 10 heteroatoms. The van der Waals surface area contributed by atoms with Crippen molar-refractivity contribution in [2.24, 2.45) is 0 Å². The Morgan fingerprint density at radius 3 is 2.21 bits per heavy atom. The summed E-state index contributed by atoms with van der Waals surface area (Å²) >= 11 is 6.12. The average molecular weight is 574 g/mol. The van der Waals surface area contributed by atoms with E-state index in [1.165, 1.54) is 48.2 Å². The van der Waals surface area contributed by atoms with Gasteiger partial charge in [0.25, 0.3) is 10.0 Å². The molecule has 0 saturated carbocycles. The number of carbonyl (C=O) groups excluding carboxylic acids is 2. The van der Waals surface area contributed by atoms with E-state index in [0.29, 0.717) is 10.6 Å². The highest BCUT2D eigenvalue weighted by atomic mass is 35.5. The van der Waals surface area contributed by atoms with Crippen molar-refractivity contribution in [3.63, 3.8) is 0 Å². The minimum Gasteiger partial charge on any atom is -0.350 e. The van der Waals surface area contributed by atoms with Crippen molar-refractivity contribution >= 4 is 39.1 Å². The third-order valence-corrected chi connectivity index (χ3v) is 8.01. The maximum atomic E-state index is 14.6. The van der Waals surface area contributed by atoms with Crippen molar-refractivity contribution in [1.29, 1.82) is 0 Å². The molecule has 0 heterocycles. The molecule has 2 amide bonds. The highest BCUT2D eigenvalue weighted by Gasteiger charge is 2.34. The van der Waals surface area contributed by atoms with E-state index in [-0.39, 0.29) is 22.7 Å². The Labute approximate surface area is 234 Å². The van der Waals surface area contributed by atoms with E-state index in [1.54, 1.807) is 64.1 Å². The molecule has 0 unspecified atom stereocenters. The summed E-state index contributed by atoms with van der Waals surface area (Å²) in [7, 11) is -4.21. The van der Waals surface area contributed by atoms with Gasteiger partial charge in [-0.1, -0.05) is 48.0 Å². The summed E-state index contributed by atoms with van der Waals surface area (Å²) in [5.41, 5.74) is 0.408. The third kappa shape index (κ3) is 7.58. The summed E-state index contributed by atoms with van der Waals surface area (Å²) in [6.45, 7) is 7.78. The number of benzene rings is 3. The van der Waals surface area contributed by atoms with Gasteiger partial charge in [0.2, 0.25) is 11.8 Å². The van der Waals surface area contributed by atoms with Crippen molar-refractivity contribution < 1.29 is 22.4 Å². The Kier molecular flexibility index (Phi) is 9.40. The van der Waals surface area contributed by atoms with Crippen molar-refractivity contribution in [2.45, 2.75) is 57.6 Å². The van der Waals surface area contributed by atoms with Crippen LogP contribution in [0.2, 0.25) is 5.02 Å². The van der Waals surface area contributed by atoms with Gasteiger partial charge in [-0.25, -0.2) is 12.8 Å². The summed E-state index contributed by atoms with van der Waals surface area (Å²) in [5.74, 6) is -1.67. The van der Waals surface area contributed by atoms with Gasteiger partial charge in [0, 0.05) is 22.7 Å². The minimum absolute atomic E-state index is 0.00803. The number of aryl methyl sites for hydroxylation is 1. The predicted molar refractivity (Wildman–Crippen MR) is 151 cm³/mol. The molecule has 1 N–H and O–H groups in total. The number of rotatable bonds is 9. The second-order valence-corrected chi connectivity index (χ2v) is 12.6. The first kappa shape index (κ1) is 30.1. The summed E-state index contributed by atoms with van der Waals surface area (Å²) in [6, 6.07) is 17.3. The Hall–Kier alpha value is -3.43. The molecular weight excluding hydrogens is 541 g/mol. The van der Waals surface area contributed by atoms with Crippen LogP contribution in [0.4, 0.5) is 10.1 Å². The number of halogens is 2. The van der Waals surface area contributed by atoms with Crippen LogP contribution in [0, 0.1) is 12.7 Å². The molecule has 0 aliphatic carbocycles. The Balaban J connectivity index is 2.07. The number of anilines is 1. The number of amides is 2. The molecule has 3 aromatic rings. The molecule has 39 heavy (non-hydrogen) atoms. The quantitative estimate of drug-likeness (QED) is 0.376. The number of nitrogens with zero attached hydrogens (tertiary/aromatic N) is 2. The van der Waals surface area contributed by atoms with E-state index >= 15 is 0 Å². The molecule has 3 rings (SSSR count). The smallest absolute Gasteiger partial charge is 0.264 e. The molecule has 0 saturated heterocycles. The van der Waals surface area contributed by atoms with Crippen molar-refractivity contribution in [3.8, 4) is 0 Å². The van der Waals surface area contributed by atoms with Gasteiger partial charge >= 0.3 is 0 Å².